The van der Waals surface area contributed by atoms with Crippen molar-refractivity contribution in [2.45, 2.75) is 82.8 Å². The maximum Gasteiger partial charge on any atom is 0.185 e. The molecule has 0 radical (unpaired) electrons. The highest BCUT2D eigenvalue weighted by atomic mass is 28.5. The first-order chi connectivity index (χ1) is 8.06. The largest absolute Gasteiger partial charge is 0.418 e. The lowest BCUT2D eigenvalue weighted by atomic mass is 10.9. The van der Waals surface area contributed by atoms with Crippen LogP contribution in [0.3, 0.4) is 0 Å². The Hall–Kier alpha value is 0.828. The molecule has 0 atom stereocenters. The van der Waals surface area contributed by atoms with Crippen LogP contribution in [0.1, 0.15) is 6.92 Å². The molecule has 0 amide bonds. The highest BCUT2D eigenvalue weighted by Crippen LogP contribution is 2.59. The minimum absolute atomic E-state index is 0.593. The molecule has 0 aliphatic carbocycles. The zero-order valence-electron chi connectivity index (χ0n) is 15.6. The molecule has 0 saturated carbocycles. The molecule has 0 aromatic carbocycles. The third kappa shape index (κ3) is 3.20. The Balaban J connectivity index is 6.44. The fourth-order valence-electron chi connectivity index (χ4n) is 6.55. The van der Waals surface area contributed by atoms with E-state index in [1.165, 1.54) is 0 Å². The van der Waals surface area contributed by atoms with Gasteiger partial charge in [-0.2, -0.15) is 0 Å². The quantitative estimate of drug-likeness (QED) is 0.574. The van der Waals surface area contributed by atoms with Gasteiger partial charge in [0.25, 0.3) is 0 Å². The van der Waals surface area contributed by atoms with Crippen LogP contribution in [0.25, 0.3) is 0 Å². The van der Waals surface area contributed by atoms with Gasteiger partial charge in [0.05, 0.1) is 0 Å². The Morgan fingerprint density at radius 3 is 1.05 bits per heavy atom. The lowest BCUT2D eigenvalue weighted by Crippen LogP contribution is -2.76. The molecular weight excluding hydrogens is 296 g/mol. The molecule has 0 saturated heterocycles. The minimum Gasteiger partial charge on any atom is -0.418 e. The van der Waals surface area contributed by atoms with Crippen LogP contribution in [0.15, 0.2) is 0 Å². The van der Waals surface area contributed by atoms with Gasteiger partial charge in [-0.3, -0.25) is 0 Å². The van der Waals surface area contributed by atoms with E-state index >= 15 is 0 Å². The van der Waals surface area contributed by atoms with E-state index in [0.29, 0.717) is 3.91 Å². The molecule has 1 nitrogen and oxygen atoms in total. The first-order valence-corrected chi connectivity index (χ1v) is 21.1. The second-order valence-corrected chi connectivity index (χ2v) is 32.3. The van der Waals surface area contributed by atoms with E-state index in [9.17, 15) is 0 Å². The summed E-state index contributed by atoms with van der Waals surface area (Å²) in [7, 11) is -5.66. The molecule has 0 spiro atoms. The summed E-state index contributed by atoms with van der Waals surface area (Å²) in [5.74, 6) is 0. The van der Waals surface area contributed by atoms with Gasteiger partial charge < -0.3 is 4.43 Å². The average Bonchev–Trinajstić information content (AvgIpc) is 1.91. The summed E-state index contributed by atoms with van der Waals surface area (Å²) in [6, 6.07) is 0. The molecule has 19 heavy (non-hydrogen) atoms. The fourth-order valence-corrected chi connectivity index (χ4v) is 56.8. The predicted molar refractivity (Wildman–Crippen MR) is 102 cm³/mol. The van der Waals surface area contributed by atoms with Crippen molar-refractivity contribution in [2.75, 3.05) is 6.61 Å². The Labute approximate surface area is 126 Å². The van der Waals surface area contributed by atoms with Crippen molar-refractivity contribution < 1.29 is 4.43 Å². The van der Waals surface area contributed by atoms with Crippen molar-refractivity contribution in [2.24, 2.45) is 0 Å². The summed E-state index contributed by atoms with van der Waals surface area (Å²) in [5, 5.41) is 0. The van der Waals surface area contributed by atoms with Crippen LogP contribution in [-0.4, -0.2) is 39.1 Å². The van der Waals surface area contributed by atoms with Gasteiger partial charge in [0.2, 0.25) is 0 Å². The molecule has 0 bridgehead atoms. The van der Waals surface area contributed by atoms with E-state index in [-0.39, 0.29) is 0 Å². The lowest BCUT2D eigenvalue weighted by molar-refractivity contribution is 0.326. The van der Waals surface area contributed by atoms with Crippen LogP contribution in [-0.2, 0) is 4.43 Å². The van der Waals surface area contributed by atoms with Gasteiger partial charge in [-0.15, -0.1) is 0 Å². The molecule has 0 aromatic heterocycles. The summed E-state index contributed by atoms with van der Waals surface area (Å²) >= 11 is 0. The SMILES string of the molecule is CCO[Si](C)(C)C([Si](C)(C)C)([Si](C)(C)C)[Si](C)(C)C. The summed E-state index contributed by atoms with van der Waals surface area (Å²) in [5.41, 5.74) is 0. The van der Waals surface area contributed by atoms with E-state index < -0.39 is 32.5 Å². The Morgan fingerprint density at radius 2 is 0.895 bits per heavy atom. The van der Waals surface area contributed by atoms with E-state index in [0.717, 1.165) is 6.61 Å². The van der Waals surface area contributed by atoms with Gasteiger partial charge in [0.1, 0.15) is 0 Å². The maximum atomic E-state index is 6.52. The van der Waals surface area contributed by atoms with Gasteiger partial charge in [-0.25, -0.2) is 0 Å². The zero-order valence-corrected chi connectivity index (χ0v) is 19.6. The summed E-state index contributed by atoms with van der Waals surface area (Å²) in [6.45, 7) is 31.6. The second kappa shape index (κ2) is 5.55. The molecule has 0 rings (SSSR count). The van der Waals surface area contributed by atoms with Crippen LogP contribution in [0, 0.1) is 0 Å². The monoisotopic (exact) mass is 334 g/mol. The van der Waals surface area contributed by atoms with Crippen molar-refractivity contribution >= 4 is 32.5 Å². The Kier molecular flexibility index (Phi) is 5.79. The van der Waals surface area contributed by atoms with E-state index in [1.807, 2.05) is 0 Å². The molecule has 116 valence electrons. The topological polar surface area (TPSA) is 9.23 Å². The van der Waals surface area contributed by atoms with Gasteiger partial charge in [-0.1, -0.05) is 58.9 Å². The van der Waals surface area contributed by atoms with E-state index in [4.69, 9.17) is 4.43 Å². The van der Waals surface area contributed by atoms with Crippen LogP contribution < -0.4 is 0 Å². The lowest BCUT2D eigenvalue weighted by Gasteiger charge is -2.65. The van der Waals surface area contributed by atoms with Crippen LogP contribution in [0.2, 0.25) is 75.9 Å². The molecule has 0 N–H and O–H groups in total. The number of hydrogen-bond donors (Lipinski definition) is 0. The minimum atomic E-state index is -1.70. The first-order valence-electron chi connectivity index (χ1n) is 7.70. The first kappa shape index (κ1) is 19.8. The van der Waals surface area contributed by atoms with Gasteiger partial charge in [-0.05, 0) is 23.9 Å². The van der Waals surface area contributed by atoms with E-state index in [2.05, 4.69) is 78.9 Å². The highest BCUT2D eigenvalue weighted by molar-refractivity contribution is 7.28. The fraction of sp³-hybridized carbons (Fsp3) is 1.00. The summed E-state index contributed by atoms with van der Waals surface area (Å²) in [6.07, 6.45) is 0. The standard InChI is InChI=1S/C14H38OSi4/c1-13-15-19(11,12)14(16(2,3)4,17(5,6)7)18(8,9)10/h13H2,1-12H3. The molecule has 0 heterocycles. The number of hydrogen-bond acceptors (Lipinski definition) is 1. The molecule has 0 aromatic rings. The summed E-state index contributed by atoms with van der Waals surface area (Å²) < 4.78 is 7.11. The maximum absolute atomic E-state index is 6.52. The Bertz CT molecular complexity index is 269. The third-order valence-electron chi connectivity index (χ3n) is 4.78. The molecular formula is C14H38OSi4. The van der Waals surface area contributed by atoms with Crippen LogP contribution in [0.4, 0.5) is 0 Å². The van der Waals surface area contributed by atoms with Crippen LogP contribution in [0.5, 0.6) is 0 Å². The predicted octanol–water partition coefficient (Wildman–Crippen LogP) is 5.60. The van der Waals surface area contributed by atoms with Crippen molar-refractivity contribution in [1.29, 1.82) is 0 Å². The van der Waals surface area contributed by atoms with Crippen molar-refractivity contribution in [3.63, 3.8) is 0 Å². The normalized spacial score (nSPS) is 15.8. The molecule has 0 unspecified atom stereocenters. The highest BCUT2D eigenvalue weighted by Gasteiger charge is 2.68. The van der Waals surface area contributed by atoms with Crippen molar-refractivity contribution in [3.05, 3.63) is 0 Å². The van der Waals surface area contributed by atoms with Crippen molar-refractivity contribution in [1.82, 2.24) is 0 Å². The molecule has 0 fully saturated rings. The molecule has 0 aliphatic heterocycles. The molecule has 5 heteroatoms. The molecule has 0 aliphatic rings. The van der Waals surface area contributed by atoms with E-state index in [1.54, 1.807) is 0 Å². The third-order valence-corrected chi connectivity index (χ3v) is 40.0. The zero-order chi connectivity index (χ0) is 15.9. The summed E-state index contributed by atoms with van der Waals surface area (Å²) in [4.78, 5) is 0. The van der Waals surface area contributed by atoms with Gasteiger partial charge >= 0.3 is 0 Å². The average molecular weight is 335 g/mol. The van der Waals surface area contributed by atoms with Crippen LogP contribution >= 0.6 is 0 Å². The number of rotatable bonds is 6. The van der Waals surface area contributed by atoms with Gasteiger partial charge in [0.15, 0.2) is 8.32 Å². The smallest absolute Gasteiger partial charge is 0.185 e. The van der Waals surface area contributed by atoms with Gasteiger partial charge in [0, 0.05) is 30.8 Å². The second-order valence-electron chi connectivity index (χ2n) is 9.44. The Morgan fingerprint density at radius 1 is 0.632 bits per heavy atom. The van der Waals surface area contributed by atoms with Crippen molar-refractivity contribution in [3.8, 4) is 0 Å².